The molecule has 0 unspecified atom stereocenters. The molecule has 3 amide bonds. The molecule has 0 spiro atoms. The van der Waals surface area contributed by atoms with Crippen LogP contribution in [0.25, 0.3) is 0 Å². The van der Waals surface area contributed by atoms with E-state index < -0.39 is 51.5 Å². The minimum atomic E-state index is -1.81. The fourth-order valence-corrected chi connectivity index (χ4v) is 3.78. The van der Waals surface area contributed by atoms with Gasteiger partial charge >= 0.3 is 0 Å². The number of para-hydroxylation sites is 1. The summed E-state index contributed by atoms with van der Waals surface area (Å²) in [6, 6.07) is 12.9. The van der Waals surface area contributed by atoms with Gasteiger partial charge in [-0.25, -0.2) is 4.39 Å². The first kappa shape index (κ1) is 25.2. The summed E-state index contributed by atoms with van der Waals surface area (Å²) < 4.78 is 25.5. The van der Waals surface area contributed by atoms with Crippen molar-refractivity contribution in [3.8, 4) is 0 Å². The number of hydrogen-bond donors (Lipinski definition) is 2. The molecule has 32 heavy (non-hydrogen) atoms. The third kappa shape index (κ3) is 7.88. The topological polar surface area (TPSA) is 95.6 Å². The standard InChI is InChI=1S/C23H28FN3O4S/c1-16(22(30)26-23(2,3)4)27(19-8-6-5-7-9-19)21(29)15-32(31)14-20(28)25-18-12-10-17(24)11-13-18/h5-13,16H,14-15H2,1-4H3,(H,25,28)(H,26,30)/t16-,32-/m0/s1. The van der Waals surface area contributed by atoms with Gasteiger partial charge < -0.3 is 10.6 Å². The lowest BCUT2D eigenvalue weighted by atomic mass is 10.1. The normalized spacial score (nSPS) is 13.0. The number of nitrogens with zero attached hydrogens (tertiary/aromatic N) is 1. The number of hydrogen-bond acceptors (Lipinski definition) is 4. The van der Waals surface area contributed by atoms with Crippen LogP contribution in [0.3, 0.4) is 0 Å². The fourth-order valence-electron chi connectivity index (χ4n) is 2.90. The quantitative estimate of drug-likeness (QED) is 0.632. The smallest absolute Gasteiger partial charge is 0.243 e. The zero-order valence-corrected chi connectivity index (χ0v) is 19.4. The molecular formula is C23H28FN3O4S. The van der Waals surface area contributed by atoms with E-state index in [1.54, 1.807) is 37.3 Å². The molecule has 2 aromatic carbocycles. The van der Waals surface area contributed by atoms with Crippen molar-refractivity contribution in [1.82, 2.24) is 5.32 Å². The van der Waals surface area contributed by atoms with Crippen molar-refractivity contribution in [2.75, 3.05) is 21.7 Å². The molecule has 0 aliphatic rings. The van der Waals surface area contributed by atoms with Gasteiger partial charge in [0.1, 0.15) is 23.4 Å². The summed E-state index contributed by atoms with van der Waals surface area (Å²) in [5.74, 6) is -2.74. The van der Waals surface area contributed by atoms with Crippen LogP contribution in [-0.4, -0.2) is 45.0 Å². The molecule has 2 atom stereocenters. The summed E-state index contributed by atoms with van der Waals surface area (Å²) in [5.41, 5.74) is 0.359. The second-order valence-electron chi connectivity index (χ2n) is 8.30. The summed E-state index contributed by atoms with van der Waals surface area (Å²) >= 11 is 0. The summed E-state index contributed by atoms with van der Waals surface area (Å²) in [7, 11) is -1.81. The Hall–Kier alpha value is -3.07. The third-order valence-corrected chi connectivity index (χ3v) is 5.43. The van der Waals surface area contributed by atoms with Gasteiger partial charge in [-0.3, -0.25) is 23.5 Å². The van der Waals surface area contributed by atoms with Gasteiger partial charge in [0.25, 0.3) is 0 Å². The highest BCUT2D eigenvalue weighted by molar-refractivity contribution is 7.86. The predicted molar refractivity (Wildman–Crippen MR) is 124 cm³/mol. The van der Waals surface area contributed by atoms with Gasteiger partial charge in [0.2, 0.25) is 17.7 Å². The number of benzene rings is 2. The van der Waals surface area contributed by atoms with Crippen molar-refractivity contribution in [2.24, 2.45) is 0 Å². The molecule has 2 rings (SSSR count). The number of amides is 3. The van der Waals surface area contributed by atoms with E-state index in [1.165, 1.54) is 29.2 Å². The van der Waals surface area contributed by atoms with E-state index in [2.05, 4.69) is 10.6 Å². The molecule has 0 aliphatic carbocycles. The molecule has 0 heterocycles. The molecule has 0 radical (unpaired) electrons. The molecular weight excluding hydrogens is 433 g/mol. The first-order chi connectivity index (χ1) is 15.0. The van der Waals surface area contributed by atoms with Crippen LogP contribution in [0, 0.1) is 5.82 Å². The largest absolute Gasteiger partial charge is 0.350 e. The monoisotopic (exact) mass is 461 g/mol. The highest BCUT2D eigenvalue weighted by Crippen LogP contribution is 2.18. The summed E-state index contributed by atoms with van der Waals surface area (Å²) in [5, 5.41) is 5.35. The summed E-state index contributed by atoms with van der Waals surface area (Å²) in [6.07, 6.45) is 0. The predicted octanol–water partition coefficient (Wildman–Crippen LogP) is 2.85. The van der Waals surface area contributed by atoms with Crippen LogP contribution in [0.1, 0.15) is 27.7 Å². The molecule has 0 aliphatic heterocycles. The van der Waals surface area contributed by atoms with E-state index in [0.29, 0.717) is 11.4 Å². The van der Waals surface area contributed by atoms with E-state index in [4.69, 9.17) is 0 Å². The van der Waals surface area contributed by atoms with Gasteiger partial charge in [-0.2, -0.15) is 0 Å². The first-order valence-electron chi connectivity index (χ1n) is 10.1. The Labute approximate surface area is 189 Å². The van der Waals surface area contributed by atoms with Crippen molar-refractivity contribution in [3.63, 3.8) is 0 Å². The van der Waals surface area contributed by atoms with Crippen LogP contribution < -0.4 is 15.5 Å². The number of carbonyl (C=O) groups excluding carboxylic acids is 3. The van der Waals surface area contributed by atoms with Crippen molar-refractivity contribution >= 4 is 39.9 Å². The fraction of sp³-hybridized carbons (Fsp3) is 0.348. The minimum absolute atomic E-state index is 0.352. The second kappa shape index (κ2) is 11.0. The van der Waals surface area contributed by atoms with Gasteiger partial charge in [-0.05, 0) is 64.1 Å². The number of rotatable bonds is 8. The Bertz CT molecular complexity index is 975. The van der Waals surface area contributed by atoms with Gasteiger partial charge in [-0.1, -0.05) is 18.2 Å². The average Bonchev–Trinajstić information content (AvgIpc) is 2.69. The first-order valence-corrected chi connectivity index (χ1v) is 11.5. The second-order valence-corrected chi connectivity index (χ2v) is 9.76. The number of carbonyl (C=O) groups is 3. The molecule has 2 N–H and O–H groups in total. The SMILES string of the molecule is C[C@@H](C(=O)NC(C)(C)C)N(C(=O)C[S@@](=O)CC(=O)Nc1ccc(F)cc1)c1ccccc1. The van der Waals surface area contributed by atoms with Gasteiger partial charge in [0, 0.05) is 27.7 Å². The maximum atomic E-state index is 13.0. The maximum absolute atomic E-state index is 13.0. The Kier molecular flexibility index (Phi) is 8.65. The molecule has 0 bridgehead atoms. The van der Waals surface area contributed by atoms with Crippen LogP contribution in [0.15, 0.2) is 54.6 Å². The number of halogens is 1. The maximum Gasteiger partial charge on any atom is 0.243 e. The lowest BCUT2D eigenvalue weighted by Crippen LogP contribution is -2.53. The van der Waals surface area contributed by atoms with Crippen LogP contribution in [0.4, 0.5) is 15.8 Å². The van der Waals surface area contributed by atoms with E-state index in [0.717, 1.165) is 0 Å². The van der Waals surface area contributed by atoms with Gasteiger partial charge in [0.15, 0.2) is 0 Å². The molecule has 172 valence electrons. The van der Waals surface area contributed by atoms with Crippen molar-refractivity contribution in [2.45, 2.75) is 39.3 Å². The highest BCUT2D eigenvalue weighted by Gasteiger charge is 2.30. The molecule has 0 fully saturated rings. The molecule has 0 saturated heterocycles. The lowest BCUT2D eigenvalue weighted by molar-refractivity contribution is -0.126. The van der Waals surface area contributed by atoms with Crippen molar-refractivity contribution in [3.05, 3.63) is 60.4 Å². The zero-order valence-electron chi connectivity index (χ0n) is 18.6. The molecule has 7 nitrogen and oxygen atoms in total. The van der Waals surface area contributed by atoms with E-state index >= 15 is 0 Å². The molecule has 0 saturated carbocycles. The number of nitrogens with one attached hydrogen (secondary N) is 2. The lowest BCUT2D eigenvalue weighted by Gasteiger charge is -2.31. The average molecular weight is 462 g/mol. The number of anilines is 2. The summed E-state index contributed by atoms with van der Waals surface area (Å²) in [4.78, 5) is 39.1. The summed E-state index contributed by atoms with van der Waals surface area (Å²) in [6.45, 7) is 7.10. The highest BCUT2D eigenvalue weighted by atomic mass is 32.2. The van der Waals surface area contributed by atoms with Crippen LogP contribution >= 0.6 is 0 Å². The Morgan fingerprint density at radius 1 is 1.00 bits per heavy atom. The molecule has 9 heteroatoms. The van der Waals surface area contributed by atoms with Gasteiger partial charge in [0.05, 0.1) is 0 Å². The minimum Gasteiger partial charge on any atom is -0.350 e. The van der Waals surface area contributed by atoms with E-state index in [9.17, 15) is 23.0 Å². The Balaban J connectivity index is 2.08. The van der Waals surface area contributed by atoms with Crippen LogP contribution in [0.5, 0.6) is 0 Å². The van der Waals surface area contributed by atoms with Gasteiger partial charge in [-0.15, -0.1) is 0 Å². The third-order valence-electron chi connectivity index (χ3n) is 4.27. The zero-order chi connectivity index (χ0) is 23.9. The Morgan fingerprint density at radius 3 is 2.16 bits per heavy atom. The van der Waals surface area contributed by atoms with Crippen LogP contribution in [-0.2, 0) is 25.2 Å². The van der Waals surface area contributed by atoms with E-state index in [1.807, 2.05) is 20.8 Å². The van der Waals surface area contributed by atoms with Crippen molar-refractivity contribution in [1.29, 1.82) is 0 Å². The molecule has 2 aromatic rings. The molecule has 0 aromatic heterocycles. The van der Waals surface area contributed by atoms with Crippen LogP contribution in [0.2, 0.25) is 0 Å². The van der Waals surface area contributed by atoms with E-state index in [-0.39, 0.29) is 5.91 Å². The Morgan fingerprint density at radius 2 is 1.59 bits per heavy atom. The van der Waals surface area contributed by atoms with Crippen molar-refractivity contribution < 1.29 is 23.0 Å².